The number of aliphatic hydroxyl groups excluding tert-OH is 1. The molecule has 1 fully saturated rings. The second-order valence-corrected chi connectivity index (χ2v) is 7.12. The van der Waals surface area contributed by atoms with Crippen molar-refractivity contribution in [1.82, 2.24) is 10.3 Å². The topological polar surface area (TPSA) is 98.5 Å². The number of carbonyl (C=O) groups excluding carboxylic acids is 1. The zero-order chi connectivity index (χ0) is 21.9. The van der Waals surface area contributed by atoms with Crippen molar-refractivity contribution in [3.05, 3.63) is 36.0 Å². The molecule has 1 aromatic carbocycles. The SMILES string of the molecule is C[C@@H]1CN(c2ccc(C#N)c3ncccc23)C[C@H](C(=O)NCC[C@H](O)C(F)(F)F)O1. The Bertz CT molecular complexity index is 960. The minimum Gasteiger partial charge on any atom is -0.384 e. The minimum atomic E-state index is -4.72. The summed E-state index contributed by atoms with van der Waals surface area (Å²) in [7, 11) is 0. The number of fused-ring (bicyclic) bond motifs is 1. The van der Waals surface area contributed by atoms with E-state index in [0.717, 1.165) is 11.1 Å². The van der Waals surface area contributed by atoms with Gasteiger partial charge in [-0.1, -0.05) is 0 Å². The van der Waals surface area contributed by atoms with E-state index in [1.165, 1.54) is 0 Å². The number of benzene rings is 1. The van der Waals surface area contributed by atoms with Crippen LogP contribution < -0.4 is 10.2 Å². The van der Waals surface area contributed by atoms with Gasteiger partial charge < -0.3 is 20.1 Å². The first kappa shape index (κ1) is 21.8. The molecule has 0 radical (unpaired) electrons. The molecular weight excluding hydrogens is 401 g/mol. The van der Waals surface area contributed by atoms with Crippen LogP contribution >= 0.6 is 0 Å². The standard InChI is InChI=1S/C20H21F3N4O3/c1-12-10-27(15-5-4-13(9-24)18-14(15)3-2-7-25-18)11-16(30-12)19(29)26-8-6-17(28)20(21,22)23/h2-5,7,12,16-17,28H,6,8,10-11H2,1H3,(H,26,29)/t12-,16-,17+/m1/s1. The van der Waals surface area contributed by atoms with E-state index in [0.29, 0.717) is 17.6 Å². The monoisotopic (exact) mass is 422 g/mol. The van der Waals surface area contributed by atoms with Crippen LogP contribution in [0.25, 0.3) is 10.9 Å². The molecule has 1 saturated heterocycles. The summed E-state index contributed by atoms with van der Waals surface area (Å²) in [5.74, 6) is -0.544. The summed E-state index contributed by atoms with van der Waals surface area (Å²) in [5, 5.41) is 21.5. The molecule has 0 aliphatic carbocycles. The first-order valence-corrected chi connectivity index (χ1v) is 9.41. The lowest BCUT2D eigenvalue weighted by Crippen LogP contribution is -2.53. The van der Waals surface area contributed by atoms with Crippen molar-refractivity contribution in [2.45, 2.75) is 37.8 Å². The first-order valence-electron chi connectivity index (χ1n) is 9.41. The van der Waals surface area contributed by atoms with Gasteiger partial charge in [-0.25, -0.2) is 0 Å². The number of halogens is 3. The zero-order valence-electron chi connectivity index (χ0n) is 16.2. The van der Waals surface area contributed by atoms with E-state index in [9.17, 15) is 23.2 Å². The van der Waals surface area contributed by atoms with Crippen LogP contribution in [0.5, 0.6) is 0 Å². The summed E-state index contributed by atoms with van der Waals surface area (Å²) in [5.41, 5.74) is 1.78. The number of amides is 1. The van der Waals surface area contributed by atoms with Gasteiger partial charge in [0.1, 0.15) is 6.07 Å². The maximum Gasteiger partial charge on any atom is 0.414 e. The molecule has 3 atom stereocenters. The number of anilines is 1. The van der Waals surface area contributed by atoms with Crippen LogP contribution in [0.3, 0.4) is 0 Å². The van der Waals surface area contributed by atoms with Gasteiger partial charge in [0.15, 0.2) is 12.2 Å². The minimum absolute atomic E-state index is 0.188. The Kier molecular flexibility index (Phi) is 6.43. The Morgan fingerprint density at radius 3 is 2.90 bits per heavy atom. The molecule has 1 amide bonds. The van der Waals surface area contributed by atoms with Crippen LogP contribution in [0.4, 0.5) is 18.9 Å². The Morgan fingerprint density at radius 1 is 1.43 bits per heavy atom. The predicted octanol–water partition coefficient (Wildman–Crippen LogP) is 2.13. The van der Waals surface area contributed by atoms with E-state index in [2.05, 4.69) is 16.4 Å². The van der Waals surface area contributed by atoms with Crippen LogP contribution in [-0.4, -0.2) is 60.1 Å². The van der Waals surface area contributed by atoms with Gasteiger partial charge in [0.2, 0.25) is 0 Å². The number of aromatic nitrogens is 1. The number of hydrogen-bond acceptors (Lipinski definition) is 6. The maximum absolute atomic E-state index is 12.4. The van der Waals surface area contributed by atoms with Gasteiger partial charge in [0.05, 0.1) is 23.7 Å². The molecule has 2 aromatic rings. The first-order chi connectivity index (χ1) is 14.2. The number of aliphatic hydroxyl groups is 1. The molecule has 3 rings (SSSR count). The summed E-state index contributed by atoms with van der Waals surface area (Å²) in [6.07, 6.45) is -7.44. The van der Waals surface area contributed by atoms with Crippen LogP contribution in [0, 0.1) is 11.3 Å². The fourth-order valence-corrected chi connectivity index (χ4v) is 3.43. The van der Waals surface area contributed by atoms with Crippen molar-refractivity contribution in [3.8, 4) is 6.07 Å². The molecule has 10 heteroatoms. The number of morpholine rings is 1. The number of carbonyl (C=O) groups is 1. The quantitative estimate of drug-likeness (QED) is 0.766. The van der Waals surface area contributed by atoms with Crippen LogP contribution in [0.2, 0.25) is 0 Å². The van der Waals surface area contributed by atoms with Gasteiger partial charge in [0, 0.05) is 30.4 Å². The summed E-state index contributed by atoms with van der Waals surface area (Å²) >= 11 is 0. The Labute approximate surface area is 171 Å². The molecule has 1 aliphatic rings. The van der Waals surface area contributed by atoms with E-state index in [4.69, 9.17) is 9.84 Å². The molecule has 7 nitrogen and oxygen atoms in total. The smallest absolute Gasteiger partial charge is 0.384 e. The lowest BCUT2D eigenvalue weighted by molar-refractivity contribution is -0.205. The van der Waals surface area contributed by atoms with Crippen molar-refractivity contribution in [3.63, 3.8) is 0 Å². The van der Waals surface area contributed by atoms with E-state index >= 15 is 0 Å². The maximum atomic E-state index is 12.4. The highest BCUT2D eigenvalue weighted by molar-refractivity contribution is 5.95. The third-order valence-corrected chi connectivity index (χ3v) is 4.86. The van der Waals surface area contributed by atoms with Crippen molar-refractivity contribution in [2.75, 3.05) is 24.5 Å². The number of alkyl halides is 3. The summed E-state index contributed by atoms with van der Waals surface area (Å²) < 4.78 is 42.8. The lowest BCUT2D eigenvalue weighted by atomic mass is 10.1. The molecule has 0 unspecified atom stereocenters. The molecule has 30 heavy (non-hydrogen) atoms. The molecular formula is C20H21F3N4O3. The van der Waals surface area contributed by atoms with Gasteiger partial charge >= 0.3 is 6.18 Å². The number of rotatable bonds is 5. The van der Waals surface area contributed by atoms with Gasteiger partial charge in [-0.15, -0.1) is 0 Å². The van der Waals surface area contributed by atoms with Crippen molar-refractivity contribution in [1.29, 1.82) is 5.26 Å². The number of nitrogens with one attached hydrogen (secondary N) is 1. The second-order valence-electron chi connectivity index (χ2n) is 7.12. The predicted molar refractivity (Wildman–Crippen MR) is 103 cm³/mol. The molecule has 0 saturated carbocycles. The normalized spacial score (nSPS) is 20.6. The van der Waals surface area contributed by atoms with Crippen molar-refractivity contribution in [2.24, 2.45) is 0 Å². The van der Waals surface area contributed by atoms with Gasteiger partial charge in [-0.3, -0.25) is 9.78 Å². The average Bonchev–Trinajstić information content (AvgIpc) is 2.71. The number of hydrogen-bond donors (Lipinski definition) is 2. The third kappa shape index (κ3) is 4.80. The summed E-state index contributed by atoms with van der Waals surface area (Å²) in [6.45, 7) is 2.15. The highest BCUT2D eigenvalue weighted by atomic mass is 19.4. The number of nitriles is 1. The lowest BCUT2D eigenvalue weighted by Gasteiger charge is -2.38. The number of nitrogens with zero attached hydrogens (tertiary/aromatic N) is 3. The van der Waals surface area contributed by atoms with Crippen LogP contribution in [0.15, 0.2) is 30.5 Å². The molecule has 0 bridgehead atoms. The summed E-state index contributed by atoms with van der Waals surface area (Å²) in [6, 6.07) is 9.16. The number of pyridine rings is 1. The Morgan fingerprint density at radius 2 is 2.20 bits per heavy atom. The van der Waals surface area contributed by atoms with Gasteiger partial charge in [-0.2, -0.15) is 18.4 Å². The molecule has 0 spiro atoms. The number of ether oxygens (including phenoxy) is 1. The van der Waals surface area contributed by atoms with Crippen molar-refractivity contribution >= 4 is 22.5 Å². The molecule has 160 valence electrons. The molecule has 1 aliphatic heterocycles. The zero-order valence-corrected chi connectivity index (χ0v) is 16.2. The second kappa shape index (κ2) is 8.85. The van der Waals surface area contributed by atoms with Crippen molar-refractivity contribution < 1.29 is 27.8 Å². The van der Waals surface area contributed by atoms with Crippen LogP contribution in [-0.2, 0) is 9.53 Å². The van der Waals surface area contributed by atoms with E-state index in [1.807, 2.05) is 11.0 Å². The Hall–Kier alpha value is -2.90. The van der Waals surface area contributed by atoms with Crippen LogP contribution in [0.1, 0.15) is 18.9 Å². The molecule has 2 heterocycles. The van der Waals surface area contributed by atoms with E-state index in [-0.39, 0.29) is 19.2 Å². The third-order valence-electron chi connectivity index (χ3n) is 4.86. The largest absolute Gasteiger partial charge is 0.414 e. The highest BCUT2D eigenvalue weighted by Crippen LogP contribution is 2.30. The summed E-state index contributed by atoms with van der Waals surface area (Å²) in [4.78, 5) is 18.7. The molecule has 2 N–H and O–H groups in total. The fourth-order valence-electron chi connectivity index (χ4n) is 3.43. The van der Waals surface area contributed by atoms with E-state index in [1.54, 1.807) is 31.3 Å². The molecule has 1 aromatic heterocycles. The highest BCUT2D eigenvalue weighted by Gasteiger charge is 2.38. The average molecular weight is 422 g/mol. The Balaban J connectivity index is 1.73. The van der Waals surface area contributed by atoms with Gasteiger partial charge in [-0.05, 0) is 37.6 Å². The van der Waals surface area contributed by atoms with E-state index < -0.39 is 30.7 Å². The van der Waals surface area contributed by atoms with Gasteiger partial charge in [0.25, 0.3) is 5.91 Å². The fraction of sp³-hybridized carbons (Fsp3) is 0.450.